The van der Waals surface area contributed by atoms with Crippen molar-refractivity contribution in [3.63, 3.8) is 0 Å². The van der Waals surface area contributed by atoms with E-state index in [9.17, 15) is 0 Å². The summed E-state index contributed by atoms with van der Waals surface area (Å²) in [6.45, 7) is 4.29. The third-order valence-electron chi connectivity index (χ3n) is 8.22. The fourth-order valence-electron chi connectivity index (χ4n) is 6.31. The van der Waals surface area contributed by atoms with Crippen LogP contribution in [0.5, 0.6) is 0 Å². The number of para-hydroxylation sites is 2. The molecule has 194 valence electrons. The van der Waals surface area contributed by atoms with Gasteiger partial charge in [-0.1, -0.05) is 71.8 Å². The monoisotopic (exact) mass is 506 g/mol. The molecule has 4 heterocycles. The third-order valence-corrected chi connectivity index (χ3v) is 8.22. The SMILES string of the molecule is c1ccc2c(c1)nnn2C(c1ccc(C(N2CCCCC2)n2nnc3ccccc32)cc1)N1CCCCC1. The van der Waals surface area contributed by atoms with Crippen LogP contribution >= 0.6 is 0 Å². The summed E-state index contributed by atoms with van der Waals surface area (Å²) in [5.74, 6) is 0. The van der Waals surface area contributed by atoms with Crippen molar-refractivity contribution in [2.75, 3.05) is 26.2 Å². The van der Waals surface area contributed by atoms with Gasteiger partial charge in [-0.3, -0.25) is 9.80 Å². The van der Waals surface area contributed by atoms with Crippen LogP contribution in [0.25, 0.3) is 22.1 Å². The molecule has 2 saturated heterocycles. The molecule has 0 amide bonds. The molecule has 8 nitrogen and oxygen atoms in total. The van der Waals surface area contributed by atoms with Crippen molar-refractivity contribution in [3.05, 3.63) is 83.9 Å². The van der Waals surface area contributed by atoms with Crippen LogP contribution < -0.4 is 0 Å². The molecule has 0 radical (unpaired) electrons. The maximum atomic E-state index is 4.65. The van der Waals surface area contributed by atoms with Crippen LogP contribution in [0, 0.1) is 0 Å². The van der Waals surface area contributed by atoms with Crippen LogP contribution in [0.4, 0.5) is 0 Å². The minimum absolute atomic E-state index is 0.0254. The summed E-state index contributed by atoms with van der Waals surface area (Å²) in [5.41, 5.74) is 6.52. The first-order valence-corrected chi connectivity index (χ1v) is 14.0. The summed E-state index contributed by atoms with van der Waals surface area (Å²) < 4.78 is 4.23. The predicted octanol–water partition coefficient (Wildman–Crippen LogP) is 5.24. The van der Waals surface area contributed by atoms with Crippen molar-refractivity contribution >= 4 is 22.1 Å². The first-order valence-electron chi connectivity index (χ1n) is 14.0. The number of aromatic nitrogens is 6. The molecule has 0 aliphatic carbocycles. The highest BCUT2D eigenvalue weighted by atomic mass is 15.5. The predicted molar refractivity (Wildman–Crippen MR) is 149 cm³/mol. The molecule has 8 heteroatoms. The molecule has 0 spiro atoms. The van der Waals surface area contributed by atoms with E-state index >= 15 is 0 Å². The molecular formula is C30H34N8. The smallest absolute Gasteiger partial charge is 0.132 e. The Kier molecular flexibility index (Phi) is 6.35. The van der Waals surface area contributed by atoms with Gasteiger partial charge in [-0.25, -0.2) is 9.36 Å². The Bertz CT molecular complexity index is 1390. The fourth-order valence-corrected chi connectivity index (χ4v) is 6.31. The lowest BCUT2D eigenvalue weighted by atomic mass is 10.0. The summed E-state index contributed by atoms with van der Waals surface area (Å²) in [4.78, 5) is 5.12. The van der Waals surface area contributed by atoms with Gasteiger partial charge in [0.15, 0.2) is 0 Å². The molecule has 2 unspecified atom stereocenters. The number of fused-ring (bicyclic) bond motifs is 2. The highest BCUT2D eigenvalue weighted by Crippen LogP contribution is 2.32. The maximum absolute atomic E-state index is 4.65. The molecule has 2 atom stereocenters. The Hall–Kier alpha value is -3.62. The molecule has 2 aliphatic heterocycles. The van der Waals surface area contributed by atoms with Gasteiger partial charge in [-0.2, -0.15) is 0 Å². The summed E-state index contributed by atoms with van der Waals surface area (Å²) in [6, 6.07) is 25.7. The average molecular weight is 507 g/mol. The van der Waals surface area contributed by atoms with Crippen molar-refractivity contribution in [2.45, 2.75) is 50.9 Å². The Morgan fingerprint density at radius 3 is 1.29 bits per heavy atom. The average Bonchev–Trinajstić information content (AvgIpc) is 3.61. The zero-order valence-electron chi connectivity index (χ0n) is 21.7. The lowest BCUT2D eigenvalue weighted by Gasteiger charge is -2.36. The lowest BCUT2D eigenvalue weighted by Crippen LogP contribution is -2.38. The van der Waals surface area contributed by atoms with Gasteiger partial charge in [-0.15, -0.1) is 10.2 Å². The molecule has 2 fully saturated rings. The Balaban J connectivity index is 1.29. The summed E-state index contributed by atoms with van der Waals surface area (Å²) in [5, 5.41) is 18.3. The highest BCUT2D eigenvalue weighted by Gasteiger charge is 2.29. The zero-order chi connectivity index (χ0) is 25.3. The molecular weight excluding hydrogens is 472 g/mol. The molecule has 3 aromatic carbocycles. The number of hydrogen-bond donors (Lipinski definition) is 0. The Morgan fingerprint density at radius 1 is 0.474 bits per heavy atom. The number of hydrogen-bond acceptors (Lipinski definition) is 6. The summed E-state index contributed by atoms with van der Waals surface area (Å²) in [7, 11) is 0. The number of piperidine rings is 2. The van der Waals surface area contributed by atoms with Crippen molar-refractivity contribution in [2.24, 2.45) is 0 Å². The van der Waals surface area contributed by atoms with E-state index in [1.165, 1.54) is 49.7 Å². The normalized spacial score (nSPS) is 19.2. The second kappa shape index (κ2) is 10.3. The van der Waals surface area contributed by atoms with E-state index in [0.29, 0.717) is 0 Å². The van der Waals surface area contributed by atoms with Crippen LogP contribution in [-0.2, 0) is 0 Å². The van der Waals surface area contributed by atoms with E-state index in [4.69, 9.17) is 0 Å². The summed E-state index contributed by atoms with van der Waals surface area (Å²) >= 11 is 0. The van der Waals surface area contributed by atoms with E-state index in [1.807, 2.05) is 24.3 Å². The van der Waals surface area contributed by atoms with Crippen LogP contribution in [0.3, 0.4) is 0 Å². The van der Waals surface area contributed by atoms with Crippen molar-refractivity contribution in [3.8, 4) is 0 Å². The van der Waals surface area contributed by atoms with Crippen LogP contribution in [0.2, 0.25) is 0 Å². The van der Waals surface area contributed by atoms with Gasteiger partial charge in [0.25, 0.3) is 0 Å². The summed E-state index contributed by atoms with van der Waals surface area (Å²) in [6.07, 6.45) is 7.52. The second-order valence-corrected chi connectivity index (χ2v) is 10.7. The fraction of sp³-hybridized carbons (Fsp3) is 0.400. The quantitative estimate of drug-likeness (QED) is 0.314. The van der Waals surface area contributed by atoms with Gasteiger partial charge in [0.05, 0.1) is 11.0 Å². The van der Waals surface area contributed by atoms with Crippen LogP contribution in [0.15, 0.2) is 72.8 Å². The van der Waals surface area contributed by atoms with Gasteiger partial charge in [0.2, 0.25) is 0 Å². The van der Waals surface area contributed by atoms with E-state index < -0.39 is 0 Å². The van der Waals surface area contributed by atoms with Crippen LogP contribution in [0.1, 0.15) is 62.0 Å². The Labute approximate surface area is 222 Å². The number of likely N-dealkylation sites (tertiary alicyclic amines) is 2. The van der Waals surface area contributed by atoms with Crippen molar-refractivity contribution < 1.29 is 0 Å². The zero-order valence-corrected chi connectivity index (χ0v) is 21.7. The first-order chi connectivity index (χ1) is 18.9. The molecule has 2 aromatic heterocycles. The largest absolute Gasteiger partial charge is 0.278 e. The van der Waals surface area contributed by atoms with E-state index in [1.54, 1.807) is 0 Å². The molecule has 0 bridgehead atoms. The number of benzene rings is 3. The van der Waals surface area contributed by atoms with E-state index in [2.05, 4.69) is 88.3 Å². The maximum Gasteiger partial charge on any atom is 0.132 e. The van der Waals surface area contributed by atoms with Gasteiger partial charge in [0.1, 0.15) is 23.4 Å². The van der Waals surface area contributed by atoms with Crippen molar-refractivity contribution in [1.29, 1.82) is 0 Å². The molecule has 38 heavy (non-hydrogen) atoms. The molecule has 5 aromatic rings. The van der Waals surface area contributed by atoms with Gasteiger partial charge in [-0.05, 0) is 61.1 Å². The minimum Gasteiger partial charge on any atom is -0.278 e. The second-order valence-electron chi connectivity index (χ2n) is 10.7. The minimum atomic E-state index is 0.0254. The number of rotatable bonds is 6. The van der Waals surface area contributed by atoms with E-state index in [-0.39, 0.29) is 12.3 Å². The Morgan fingerprint density at radius 2 is 0.868 bits per heavy atom. The molecule has 0 saturated carbocycles. The highest BCUT2D eigenvalue weighted by molar-refractivity contribution is 5.75. The third kappa shape index (κ3) is 4.27. The first kappa shape index (κ1) is 23.5. The lowest BCUT2D eigenvalue weighted by molar-refractivity contribution is 0.131. The van der Waals surface area contributed by atoms with Gasteiger partial charge >= 0.3 is 0 Å². The topological polar surface area (TPSA) is 67.9 Å². The number of nitrogens with zero attached hydrogens (tertiary/aromatic N) is 8. The molecule has 7 rings (SSSR count). The van der Waals surface area contributed by atoms with Gasteiger partial charge < -0.3 is 0 Å². The van der Waals surface area contributed by atoms with Crippen molar-refractivity contribution in [1.82, 2.24) is 39.8 Å². The standard InChI is InChI=1S/C30H34N8/c1-7-19-35(20-8-1)29(37-27-13-5-3-11-25(27)31-33-37)23-15-17-24(18-16-23)30(36-21-9-2-10-22-36)38-28-14-6-4-12-26(28)32-34-38/h3-6,11-18,29-30H,1-2,7-10,19-22H2. The van der Waals surface area contributed by atoms with Crippen LogP contribution in [-0.4, -0.2) is 66.0 Å². The van der Waals surface area contributed by atoms with Gasteiger partial charge in [0, 0.05) is 26.2 Å². The van der Waals surface area contributed by atoms with E-state index in [0.717, 1.165) is 48.2 Å². The molecule has 0 N–H and O–H groups in total. The molecule has 2 aliphatic rings.